The molecule has 21 heavy (non-hydrogen) atoms. The third-order valence-electron chi connectivity index (χ3n) is 4.42. The Morgan fingerprint density at radius 1 is 1.33 bits per heavy atom. The molecule has 0 spiro atoms. The van der Waals surface area contributed by atoms with Crippen molar-refractivity contribution in [1.29, 1.82) is 0 Å². The second-order valence-electron chi connectivity index (χ2n) is 6.11. The summed E-state index contributed by atoms with van der Waals surface area (Å²) in [7, 11) is 0. The van der Waals surface area contributed by atoms with Gasteiger partial charge < -0.3 is 5.32 Å². The molecule has 2 heterocycles. The second kappa shape index (κ2) is 5.93. The Kier molecular flexibility index (Phi) is 4.18. The monoisotopic (exact) mass is 303 g/mol. The fraction of sp³-hybridized carbons (Fsp3) is 0.588. The highest BCUT2D eigenvalue weighted by Crippen LogP contribution is 2.25. The number of aromatic nitrogens is 2. The van der Waals surface area contributed by atoms with E-state index in [1.54, 1.807) is 0 Å². The van der Waals surface area contributed by atoms with E-state index in [-0.39, 0.29) is 0 Å². The van der Waals surface area contributed by atoms with Crippen molar-refractivity contribution in [3.63, 3.8) is 0 Å². The lowest BCUT2D eigenvalue weighted by molar-refractivity contribution is 0.656. The Balaban J connectivity index is 1.74. The topological polar surface area (TPSA) is 29.9 Å². The smallest absolute Gasteiger partial charge is 0.0673 e. The van der Waals surface area contributed by atoms with E-state index in [0.29, 0.717) is 0 Å². The molecule has 1 N–H and O–H groups in total. The van der Waals surface area contributed by atoms with Crippen LogP contribution in [0.1, 0.15) is 52.0 Å². The van der Waals surface area contributed by atoms with Crippen molar-refractivity contribution >= 4 is 11.3 Å². The average Bonchev–Trinajstić information content (AvgIpc) is 3.15. The van der Waals surface area contributed by atoms with Crippen molar-refractivity contribution in [3.05, 3.63) is 38.3 Å². The van der Waals surface area contributed by atoms with E-state index in [9.17, 15) is 0 Å². The molecule has 2 aromatic heterocycles. The van der Waals surface area contributed by atoms with Crippen molar-refractivity contribution in [2.24, 2.45) is 0 Å². The molecule has 0 aromatic carbocycles. The predicted octanol–water partition coefficient (Wildman–Crippen LogP) is 3.73. The summed E-state index contributed by atoms with van der Waals surface area (Å²) < 4.78 is 2.17. The largest absolute Gasteiger partial charge is 0.309 e. The van der Waals surface area contributed by atoms with Gasteiger partial charge in [-0.05, 0) is 57.2 Å². The van der Waals surface area contributed by atoms with Gasteiger partial charge in [0.2, 0.25) is 0 Å². The molecule has 0 aliphatic heterocycles. The zero-order chi connectivity index (χ0) is 15.0. The van der Waals surface area contributed by atoms with E-state index < -0.39 is 0 Å². The predicted molar refractivity (Wildman–Crippen MR) is 89.1 cm³/mol. The lowest BCUT2D eigenvalue weighted by atomic mass is 10.1. The first-order valence-electron chi connectivity index (χ1n) is 7.93. The van der Waals surface area contributed by atoms with Crippen molar-refractivity contribution in [2.75, 3.05) is 0 Å². The van der Waals surface area contributed by atoms with E-state index in [1.165, 1.54) is 45.1 Å². The first-order valence-corrected chi connectivity index (χ1v) is 8.74. The summed E-state index contributed by atoms with van der Waals surface area (Å²) in [4.78, 5) is 2.87. The van der Waals surface area contributed by atoms with Crippen molar-refractivity contribution in [3.8, 4) is 0 Å². The first kappa shape index (κ1) is 14.8. The molecule has 1 saturated carbocycles. The SMILES string of the molecule is CCc1c(C)nn(Cc2cc(CNC3CC3)sc2C)c1C. The maximum Gasteiger partial charge on any atom is 0.0673 e. The number of thiophene rings is 1. The number of hydrogen-bond donors (Lipinski definition) is 1. The molecule has 0 saturated heterocycles. The molecule has 0 amide bonds. The molecule has 4 heteroatoms. The molecule has 0 bridgehead atoms. The molecule has 0 atom stereocenters. The third kappa shape index (κ3) is 3.22. The Hall–Kier alpha value is -1.13. The molecule has 1 aliphatic carbocycles. The van der Waals surface area contributed by atoms with Gasteiger partial charge >= 0.3 is 0 Å². The van der Waals surface area contributed by atoms with E-state index in [4.69, 9.17) is 5.10 Å². The van der Waals surface area contributed by atoms with Crippen LogP contribution in [0.25, 0.3) is 0 Å². The maximum atomic E-state index is 4.72. The van der Waals surface area contributed by atoms with Gasteiger partial charge in [0.1, 0.15) is 0 Å². The fourth-order valence-electron chi connectivity index (χ4n) is 2.93. The molecule has 2 aromatic rings. The highest BCUT2D eigenvalue weighted by Gasteiger charge is 2.20. The molecule has 3 nitrogen and oxygen atoms in total. The molecule has 1 aliphatic rings. The van der Waals surface area contributed by atoms with Crippen LogP contribution in [0.3, 0.4) is 0 Å². The van der Waals surface area contributed by atoms with Gasteiger partial charge in [-0.2, -0.15) is 5.10 Å². The maximum absolute atomic E-state index is 4.72. The highest BCUT2D eigenvalue weighted by atomic mass is 32.1. The van der Waals surface area contributed by atoms with Gasteiger partial charge in [0.05, 0.1) is 12.2 Å². The summed E-state index contributed by atoms with van der Waals surface area (Å²) in [6.07, 6.45) is 3.77. The Labute approximate surface area is 131 Å². The number of nitrogens with one attached hydrogen (secondary N) is 1. The van der Waals surface area contributed by atoms with Gasteiger partial charge in [0, 0.05) is 28.0 Å². The molecule has 0 radical (unpaired) electrons. The van der Waals surface area contributed by atoms with Gasteiger partial charge in [-0.15, -0.1) is 11.3 Å². The molecular formula is C17H25N3S. The van der Waals surface area contributed by atoms with Crippen LogP contribution in [0.4, 0.5) is 0 Å². The van der Waals surface area contributed by atoms with Gasteiger partial charge in [0.15, 0.2) is 0 Å². The zero-order valence-electron chi connectivity index (χ0n) is 13.5. The van der Waals surface area contributed by atoms with Gasteiger partial charge in [0.25, 0.3) is 0 Å². The standard InChI is InChI=1S/C17H25N3S/c1-5-17-11(2)19-20(12(17)3)10-14-8-16(21-13(14)4)9-18-15-6-7-15/h8,15,18H,5-7,9-10H2,1-4H3. The van der Waals surface area contributed by atoms with E-state index in [1.807, 2.05) is 11.3 Å². The Morgan fingerprint density at radius 3 is 2.71 bits per heavy atom. The van der Waals surface area contributed by atoms with Gasteiger partial charge in [-0.3, -0.25) is 4.68 Å². The molecule has 114 valence electrons. The minimum Gasteiger partial charge on any atom is -0.309 e. The van der Waals surface area contributed by atoms with E-state index in [2.05, 4.69) is 43.8 Å². The Bertz CT molecular complexity index is 635. The fourth-order valence-corrected chi connectivity index (χ4v) is 3.93. The first-order chi connectivity index (χ1) is 10.1. The minimum absolute atomic E-state index is 0.777. The number of nitrogens with zero attached hydrogens (tertiary/aromatic N) is 2. The van der Waals surface area contributed by atoms with Crippen molar-refractivity contribution in [1.82, 2.24) is 15.1 Å². The summed E-state index contributed by atoms with van der Waals surface area (Å²) >= 11 is 1.92. The van der Waals surface area contributed by atoms with Crippen molar-refractivity contribution < 1.29 is 0 Å². The summed E-state index contributed by atoms with van der Waals surface area (Å²) in [5.41, 5.74) is 5.32. The second-order valence-corrected chi connectivity index (χ2v) is 7.45. The van der Waals surface area contributed by atoms with Crippen LogP contribution in [0.5, 0.6) is 0 Å². The van der Waals surface area contributed by atoms with Gasteiger partial charge in [-0.1, -0.05) is 6.92 Å². The quantitative estimate of drug-likeness (QED) is 0.881. The number of aryl methyl sites for hydroxylation is 2. The summed E-state index contributed by atoms with van der Waals surface area (Å²) in [5.74, 6) is 0. The summed E-state index contributed by atoms with van der Waals surface area (Å²) in [6, 6.07) is 3.14. The van der Waals surface area contributed by atoms with Crippen LogP contribution in [0.15, 0.2) is 6.07 Å². The van der Waals surface area contributed by atoms with E-state index >= 15 is 0 Å². The van der Waals surface area contributed by atoms with Crippen molar-refractivity contribution in [2.45, 2.75) is 66.1 Å². The summed E-state index contributed by atoms with van der Waals surface area (Å²) in [5, 5.41) is 8.32. The van der Waals surface area contributed by atoms with Crippen LogP contribution < -0.4 is 5.32 Å². The lowest BCUT2D eigenvalue weighted by Crippen LogP contribution is -2.14. The number of rotatable bonds is 6. The lowest BCUT2D eigenvalue weighted by Gasteiger charge is -2.04. The molecule has 3 rings (SSSR count). The summed E-state index contributed by atoms with van der Waals surface area (Å²) in [6.45, 7) is 10.7. The van der Waals surface area contributed by atoms with Crippen LogP contribution >= 0.6 is 11.3 Å². The average molecular weight is 303 g/mol. The van der Waals surface area contributed by atoms with Crippen LogP contribution in [-0.2, 0) is 19.5 Å². The van der Waals surface area contributed by atoms with Gasteiger partial charge in [-0.25, -0.2) is 0 Å². The zero-order valence-corrected chi connectivity index (χ0v) is 14.3. The molecular weight excluding hydrogens is 278 g/mol. The molecule has 0 unspecified atom stereocenters. The van der Waals surface area contributed by atoms with Crippen LogP contribution in [0, 0.1) is 20.8 Å². The molecule has 1 fully saturated rings. The third-order valence-corrected chi connectivity index (χ3v) is 5.51. The number of hydrogen-bond acceptors (Lipinski definition) is 3. The van der Waals surface area contributed by atoms with Crippen LogP contribution in [0.2, 0.25) is 0 Å². The van der Waals surface area contributed by atoms with E-state index in [0.717, 1.165) is 25.6 Å². The minimum atomic E-state index is 0.777. The highest BCUT2D eigenvalue weighted by molar-refractivity contribution is 7.12. The van der Waals surface area contributed by atoms with Crippen LogP contribution in [-0.4, -0.2) is 15.8 Å². The Morgan fingerprint density at radius 2 is 2.10 bits per heavy atom. The normalized spacial score (nSPS) is 14.9.